The molecule has 0 saturated carbocycles. The van der Waals surface area contributed by atoms with Crippen molar-refractivity contribution >= 4 is 27.5 Å². The number of carbonyl (C=O) groups excluding carboxylic acids is 1. The molecule has 1 fully saturated rings. The number of hydrogen-bond acceptors (Lipinski definition) is 3. The quantitative estimate of drug-likeness (QED) is 0.811. The molecule has 23 heavy (non-hydrogen) atoms. The fraction of sp³-hybridized carbons (Fsp3) is 0.562. The van der Waals surface area contributed by atoms with Gasteiger partial charge in [-0.1, -0.05) is 37.6 Å². The molecule has 5 nitrogen and oxygen atoms in total. The number of benzene rings is 1. The van der Waals surface area contributed by atoms with Crippen LogP contribution in [0.4, 0.5) is 0 Å². The summed E-state index contributed by atoms with van der Waals surface area (Å²) in [5, 5.41) is 0.567. The number of nitrogens with zero attached hydrogens (tertiary/aromatic N) is 2. The molecule has 0 bridgehead atoms. The first-order chi connectivity index (χ1) is 10.7. The smallest absolute Gasteiger partial charge is 0.240 e. The van der Waals surface area contributed by atoms with Crippen molar-refractivity contribution in [3.63, 3.8) is 0 Å². The molecule has 0 aliphatic carbocycles. The summed E-state index contributed by atoms with van der Waals surface area (Å²) in [6.07, 6.45) is 0. The summed E-state index contributed by atoms with van der Waals surface area (Å²) in [4.78, 5) is 14.2. The Morgan fingerprint density at radius 3 is 2.39 bits per heavy atom. The molecular formula is C16H23ClN2O3S. The molecule has 1 saturated heterocycles. The lowest BCUT2D eigenvalue weighted by Gasteiger charge is -2.39. The summed E-state index contributed by atoms with van der Waals surface area (Å²) in [6, 6.07) is 6.08. The van der Waals surface area contributed by atoms with E-state index in [1.54, 1.807) is 36.1 Å². The first-order valence-corrected chi connectivity index (χ1v) is 9.72. The van der Waals surface area contributed by atoms with Crippen LogP contribution in [0.3, 0.4) is 0 Å². The number of carbonyl (C=O) groups is 1. The SMILES string of the molecule is CC(C)CN1CCN(S(=O)(=O)Cc2ccc(Cl)cc2)[C@@H](C)C1=O. The van der Waals surface area contributed by atoms with Crippen LogP contribution in [0.1, 0.15) is 26.3 Å². The van der Waals surface area contributed by atoms with Gasteiger partial charge in [-0.05, 0) is 30.5 Å². The number of rotatable bonds is 5. The summed E-state index contributed by atoms with van der Waals surface area (Å²) >= 11 is 5.82. The maximum absolute atomic E-state index is 12.6. The normalized spacial score (nSPS) is 20.3. The Morgan fingerprint density at radius 2 is 1.83 bits per heavy atom. The van der Waals surface area contributed by atoms with Crippen molar-refractivity contribution in [1.29, 1.82) is 0 Å². The van der Waals surface area contributed by atoms with Crippen LogP contribution in [0.2, 0.25) is 5.02 Å². The molecule has 2 rings (SSSR count). The van der Waals surface area contributed by atoms with E-state index in [4.69, 9.17) is 11.6 Å². The Hall–Kier alpha value is -1.11. The second-order valence-electron chi connectivity index (χ2n) is 6.35. The molecule has 1 atom stereocenters. The molecule has 0 spiro atoms. The summed E-state index contributed by atoms with van der Waals surface area (Å²) in [5.74, 6) is 0.124. The summed E-state index contributed by atoms with van der Waals surface area (Å²) in [6.45, 7) is 7.20. The van der Waals surface area contributed by atoms with E-state index in [1.165, 1.54) is 4.31 Å². The van der Waals surface area contributed by atoms with E-state index < -0.39 is 16.1 Å². The predicted molar refractivity (Wildman–Crippen MR) is 91.7 cm³/mol. The first-order valence-electron chi connectivity index (χ1n) is 7.73. The van der Waals surface area contributed by atoms with Crippen LogP contribution in [0.15, 0.2) is 24.3 Å². The lowest BCUT2D eigenvalue weighted by molar-refractivity contribution is -0.138. The summed E-state index contributed by atoms with van der Waals surface area (Å²) < 4.78 is 26.6. The highest BCUT2D eigenvalue weighted by atomic mass is 35.5. The van der Waals surface area contributed by atoms with Crippen LogP contribution in [0.5, 0.6) is 0 Å². The van der Waals surface area contributed by atoms with Gasteiger partial charge in [-0.25, -0.2) is 8.42 Å². The van der Waals surface area contributed by atoms with Gasteiger partial charge in [0.15, 0.2) is 0 Å². The van der Waals surface area contributed by atoms with Crippen molar-refractivity contribution in [3.8, 4) is 0 Å². The monoisotopic (exact) mass is 358 g/mol. The fourth-order valence-electron chi connectivity index (χ4n) is 2.79. The van der Waals surface area contributed by atoms with Crippen LogP contribution in [-0.2, 0) is 20.6 Å². The van der Waals surface area contributed by atoms with E-state index in [-0.39, 0.29) is 11.7 Å². The van der Waals surface area contributed by atoms with Gasteiger partial charge in [0, 0.05) is 24.7 Å². The zero-order valence-electron chi connectivity index (χ0n) is 13.7. The van der Waals surface area contributed by atoms with Crippen LogP contribution >= 0.6 is 11.6 Å². The molecule has 1 aliphatic heterocycles. The maximum Gasteiger partial charge on any atom is 0.240 e. The zero-order chi connectivity index (χ0) is 17.2. The van der Waals surface area contributed by atoms with Crippen LogP contribution in [0, 0.1) is 5.92 Å². The van der Waals surface area contributed by atoms with Gasteiger partial charge in [0.05, 0.1) is 5.75 Å². The minimum atomic E-state index is -3.54. The first kappa shape index (κ1) is 18.2. The van der Waals surface area contributed by atoms with Gasteiger partial charge in [-0.15, -0.1) is 0 Å². The largest absolute Gasteiger partial charge is 0.340 e. The van der Waals surface area contributed by atoms with E-state index in [0.29, 0.717) is 36.1 Å². The third-order valence-electron chi connectivity index (χ3n) is 3.90. The van der Waals surface area contributed by atoms with Gasteiger partial charge in [0.2, 0.25) is 15.9 Å². The molecule has 1 aromatic carbocycles. The van der Waals surface area contributed by atoms with E-state index in [1.807, 2.05) is 13.8 Å². The van der Waals surface area contributed by atoms with E-state index in [2.05, 4.69) is 0 Å². The van der Waals surface area contributed by atoms with Crippen LogP contribution < -0.4 is 0 Å². The molecule has 0 aromatic heterocycles. The summed E-state index contributed by atoms with van der Waals surface area (Å²) in [5.41, 5.74) is 0.665. The molecule has 1 heterocycles. The van der Waals surface area contributed by atoms with Gasteiger partial charge in [0.1, 0.15) is 6.04 Å². The highest BCUT2D eigenvalue weighted by Crippen LogP contribution is 2.20. The Bertz CT molecular complexity index is 658. The minimum Gasteiger partial charge on any atom is -0.340 e. The number of amides is 1. The second-order valence-corrected chi connectivity index (χ2v) is 8.71. The molecular weight excluding hydrogens is 336 g/mol. The van der Waals surface area contributed by atoms with Gasteiger partial charge >= 0.3 is 0 Å². The molecule has 1 aliphatic rings. The molecule has 1 amide bonds. The van der Waals surface area contributed by atoms with E-state index >= 15 is 0 Å². The maximum atomic E-state index is 12.6. The van der Waals surface area contributed by atoms with E-state index in [9.17, 15) is 13.2 Å². The molecule has 128 valence electrons. The Morgan fingerprint density at radius 1 is 1.22 bits per heavy atom. The second kappa shape index (κ2) is 7.20. The average molecular weight is 359 g/mol. The Balaban J connectivity index is 2.11. The predicted octanol–water partition coefficient (Wildman–Crippen LogP) is 2.36. The number of sulfonamides is 1. The van der Waals surface area contributed by atoms with Gasteiger partial charge in [-0.3, -0.25) is 4.79 Å². The Labute approximate surface area is 143 Å². The van der Waals surface area contributed by atoms with Crippen molar-refractivity contribution in [1.82, 2.24) is 9.21 Å². The molecule has 7 heteroatoms. The topological polar surface area (TPSA) is 57.7 Å². The fourth-order valence-corrected chi connectivity index (χ4v) is 4.62. The minimum absolute atomic E-state index is 0.119. The van der Waals surface area contributed by atoms with Crippen molar-refractivity contribution in [2.45, 2.75) is 32.6 Å². The molecule has 0 N–H and O–H groups in total. The van der Waals surface area contributed by atoms with Crippen molar-refractivity contribution in [2.24, 2.45) is 5.92 Å². The summed E-state index contributed by atoms with van der Waals surface area (Å²) in [7, 11) is -3.54. The Kier molecular flexibility index (Phi) is 5.70. The molecule has 1 aromatic rings. The average Bonchev–Trinajstić information content (AvgIpc) is 2.45. The lowest BCUT2D eigenvalue weighted by atomic mass is 10.1. The third kappa shape index (κ3) is 4.46. The van der Waals surface area contributed by atoms with Gasteiger partial charge in [0.25, 0.3) is 0 Å². The van der Waals surface area contributed by atoms with Crippen molar-refractivity contribution < 1.29 is 13.2 Å². The highest BCUT2D eigenvalue weighted by molar-refractivity contribution is 7.88. The number of halogens is 1. The molecule has 0 radical (unpaired) electrons. The molecule has 0 unspecified atom stereocenters. The third-order valence-corrected chi connectivity index (χ3v) is 6.06. The van der Waals surface area contributed by atoms with E-state index in [0.717, 1.165) is 0 Å². The van der Waals surface area contributed by atoms with Gasteiger partial charge in [-0.2, -0.15) is 4.31 Å². The van der Waals surface area contributed by atoms with Crippen LogP contribution in [0.25, 0.3) is 0 Å². The van der Waals surface area contributed by atoms with Crippen molar-refractivity contribution in [2.75, 3.05) is 19.6 Å². The highest BCUT2D eigenvalue weighted by Gasteiger charge is 2.38. The standard InChI is InChI=1S/C16H23ClN2O3S/c1-12(2)10-18-8-9-19(13(3)16(18)20)23(21,22)11-14-4-6-15(17)7-5-14/h4-7,12-13H,8-11H2,1-3H3/t13-/m0/s1. The van der Waals surface area contributed by atoms with Crippen LogP contribution in [-0.4, -0.2) is 49.2 Å². The van der Waals surface area contributed by atoms with Gasteiger partial charge < -0.3 is 4.90 Å². The number of piperazine rings is 1. The van der Waals surface area contributed by atoms with Crippen molar-refractivity contribution in [3.05, 3.63) is 34.9 Å². The zero-order valence-corrected chi connectivity index (χ0v) is 15.3. The number of hydrogen-bond donors (Lipinski definition) is 0. The lowest BCUT2D eigenvalue weighted by Crippen LogP contribution is -2.58.